The maximum atomic E-state index is 11.2. The van der Waals surface area contributed by atoms with E-state index in [1.54, 1.807) is 11.6 Å². The SMILES string of the molecule is CCCn1nc(C)c([N+](=O)[O-])c1NCC1(O)CCOCC1. The number of aryl methyl sites for hydroxylation is 2. The van der Waals surface area contributed by atoms with Crippen molar-refractivity contribution < 1.29 is 14.8 Å². The van der Waals surface area contributed by atoms with Gasteiger partial charge in [-0.05, 0) is 13.3 Å². The molecule has 0 spiro atoms. The summed E-state index contributed by atoms with van der Waals surface area (Å²) in [4.78, 5) is 10.8. The molecule has 0 atom stereocenters. The Balaban J connectivity index is 2.19. The lowest BCUT2D eigenvalue weighted by molar-refractivity contribution is -0.384. The van der Waals surface area contributed by atoms with Crippen molar-refractivity contribution >= 4 is 11.5 Å². The fourth-order valence-electron chi connectivity index (χ4n) is 2.52. The van der Waals surface area contributed by atoms with Crippen molar-refractivity contribution in [3.63, 3.8) is 0 Å². The van der Waals surface area contributed by atoms with Crippen molar-refractivity contribution in [2.45, 2.75) is 45.3 Å². The van der Waals surface area contributed by atoms with Crippen molar-refractivity contribution in [2.24, 2.45) is 0 Å². The van der Waals surface area contributed by atoms with E-state index in [1.807, 2.05) is 6.92 Å². The monoisotopic (exact) mass is 298 g/mol. The van der Waals surface area contributed by atoms with E-state index in [-0.39, 0.29) is 12.2 Å². The lowest BCUT2D eigenvalue weighted by Crippen LogP contribution is -2.42. The quantitative estimate of drug-likeness (QED) is 0.609. The third-order valence-electron chi connectivity index (χ3n) is 3.72. The van der Waals surface area contributed by atoms with Crippen LogP contribution in [0.5, 0.6) is 0 Å². The van der Waals surface area contributed by atoms with Gasteiger partial charge in [0.1, 0.15) is 5.69 Å². The summed E-state index contributed by atoms with van der Waals surface area (Å²) in [6.07, 6.45) is 1.87. The molecule has 1 saturated heterocycles. The fourth-order valence-corrected chi connectivity index (χ4v) is 2.52. The van der Waals surface area contributed by atoms with Crippen molar-refractivity contribution in [3.05, 3.63) is 15.8 Å². The predicted octanol–water partition coefficient (Wildman–Crippen LogP) is 1.46. The largest absolute Gasteiger partial charge is 0.388 e. The van der Waals surface area contributed by atoms with Crippen LogP contribution in [0.1, 0.15) is 31.9 Å². The van der Waals surface area contributed by atoms with Gasteiger partial charge in [-0.2, -0.15) is 5.10 Å². The van der Waals surface area contributed by atoms with Gasteiger partial charge in [0.05, 0.1) is 10.5 Å². The van der Waals surface area contributed by atoms with Crippen LogP contribution in [0, 0.1) is 17.0 Å². The van der Waals surface area contributed by atoms with Gasteiger partial charge in [0.25, 0.3) is 0 Å². The van der Waals surface area contributed by atoms with Crippen molar-refractivity contribution in [3.8, 4) is 0 Å². The molecule has 1 aromatic heterocycles. The molecule has 2 heterocycles. The summed E-state index contributed by atoms with van der Waals surface area (Å²) in [5.41, 5.74) is -0.518. The molecule has 0 bridgehead atoms. The standard InChI is InChI=1S/C13H22N4O4/c1-3-6-16-12(11(17(19)20)10(2)15-16)14-9-13(18)4-7-21-8-5-13/h14,18H,3-9H2,1-2H3. The summed E-state index contributed by atoms with van der Waals surface area (Å²) in [7, 11) is 0. The lowest BCUT2D eigenvalue weighted by atomic mass is 9.94. The highest BCUT2D eigenvalue weighted by Crippen LogP contribution is 2.30. The minimum absolute atomic E-state index is 0.0147. The van der Waals surface area contributed by atoms with Gasteiger partial charge in [-0.25, -0.2) is 4.68 Å². The molecule has 0 aromatic carbocycles. The molecule has 8 heteroatoms. The zero-order chi connectivity index (χ0) is 15.5. The number of anilines is 1. The van der Waals surface area contributed by atoms with Crippen molar-refractivity contribution in [1.82, 2.24) is 9.78 Å². The molecule has 0 amide bonds. The van der Waals surface area contributed by atoms with Gasteiger partial charge < -0.3 is 15.2 Å². The molecule has 1 aliphatic rings. The van der Waals surface area contributed by atoms with Gasteiger partial charge in [0.2, 0.25) is 5.82 Å². The second-order valence-corrected chi connectivity index (χ2v) is 5.45. The Labute approximate surface area is 123 Å². The maximum absolute atomic E-state index is 11.2. The summed E-state index contributed by atoms with van der Waals surface area (Å²) in [6.45, 7) is 5.48. The number of aromatic nitrogens is 2. The van der Waals surface area contributed by atoms with E-state index in [4.69, 9.17) is 4.74 Å². The Kier molecular flexibility index (Phi) is 4.79. The Morgan fingerprint density at radius 1 is 1.52 bits per heavy atom. The molecule has 1 aliphatic heterocycles. The van der Waals surface area contributed by atoms with Crippen LogP contribution in [0.15, 0.2) is 0 Å². The van der Waals surface area contributed by atoms with Gasteiger partial charge >= 0.3 is 5.69 Å². The first kappa shape index (κ1) is 15.7. The molecule has 0 radical (unpaired) electrons. The second kappa shape index (κ2) is 6.40. The summed E-state index contributed by atoms with van der Waals surface area (Å²) in [6, 6.07) is 0. The summed E-state index contributed by atoms with van der Waals surface area (Å²) >= 11 is 0. The number of hydrogen-bond donors (Lipinski definition) is 2. The highest BCUT2D eigenvalue weighted by molar-refractivity contribution is 5.59. The van der Waals surface area contributed by atoms with Crippen LogP contribution >= 0.6 is 0 Å². The minimum Gasteiger partial charge on any atom is -0.388 e. The van der Waals surface area contributed by atoms with E-state index in [9.17, 15) is 15.2 Å². The van der Waals surface area contributed by atoms with Crippen molar-refractivity contribution in [2.75, 3.05) is 25.1 Å². The molecule has 2 N–H and O–H groups in total. The molecule has 1 aromatic rings. The number of hydrogen-bond acceptors (Lipinski definition) is 6. The van der Waals surface area contributed by atoms with E-state index in [1.165, 1.54) is 0 Å². The van der Waals surface area contributed by atoms with Crippen LogP contribution in [0.4, 0.5) is 11.5 Å². The summed E-state index contributed by atoms with van der Waals surface area (Å²) < 4.78 is 6.84. The van der Waals surface area contributed by atoms with E-state index in [2.05, 4.69) is 10.4 Å². The van der Waals surface area contributed by atoms with E-state index in [0.29, 0.717) is 44.1 Å². The molecule has 21 heavy (non-hydrogen) atoms. The highest BCUT2D eigenvalue weighted by Gasteiger charge is 2.32. The van der Waals surface area contributed by atoms with Crippen LogP contribution in [-0.4, -0.2) is 45.2 Å². The Morgan fingerprint density at radius 3 is 2.76 bits per heavy atom. The fraction of sp³-hybridized carbons (Fsp3) is 0.769. The number of nitrogens with zero attached hydrogens (tertiary/aromatic N) is 3. The molecule has 2 rings (SSSR count). The first-order valence-corrected chi connectivity index (χ1v) is 7.22. The van der Waals surface area contributed by atoms with Gasteiger partial charge in [-0.1, -0.05) is 6.92 Å². The van der Waals surface area contributed by atoms with Gasteiger partial charge in [-0.15, -0.1) is 0 Å². The normalized spacial score (nSPS) is 17.7. The second-order valence-electron chi connectivity index (χ2n) is 5.45. The molecular weight excluding hydrogens is 276 g/mol. The van der Waals surface area contributed by atoms with E-state index < -0.39 is 10.5 Å². The highest BCUT2D eigenvalue weighted by atomic mass is 16.6. The van der Waals surface area contributed by atoms with Crippen LogP contribution < -0.4 is 5.32 Å². The molecule has 8 nitrogen and oxygen atoms in total. The average molecular weight is 298 g/mol. The molecule has 118 valence electrons. The molecule has 1 fully saturated rings. The smallest absolute Gasteiger partial charge is 0.333 e. The van der Waals surface area contributed by atoms with Crippen LogP contribution in [-0.2, 0) is 11.3 Å². The van der Waals surface area contributed by atoms with Crippen LogP contribution in [0.25, 0.3) is 0 Å². The number of rotatable bonds is 6. The topological polar surface area (TPSA) is 102 Å². The van der Waals surface area contributed by atoms with E-state index >= 15 is 0 Å². The number of ether oxygens (including phenoxy) is 1. The maximum Gasteiger partial charge on any atom is 0.333 e. The predicted molar refractivity (Wildman–Crippen MR) is 77.4 cm³/mol. The zero-order valence-corrected chi connectivity index (χ0v) is 12.5. The molecule has 0 unspecified atom stereocenters. The van der Waals surface area contributed by atoms with Crippen LogP contribution in [0.3, 0.4) is 0 Å². The minimum atomic E-state index is -0.888. The van der Waals surface area contributed by atoms with Gasteiger partial charge in [-0.3, -0.25) is 10.1 Å². The third kappa shape index (κ3) is 3.51. The average Bonchev–Trinajstić information content (AvgIpc) is 2.74. The Morgan fingerprint density at radius 2 is 2.19 bits per heavy atom. The Hall–Kier alpha value is -1.67. The molecular formula is C13H22N4O4. The third-order valence-corrected chi connectivity index (χ3v) is 3.72. The first-order valence-electron chi connectivity index (χ1n) is 7.22. The first-order chi connectivity index (χ1) is 9.97. The number of nitrogens with one attached hydrogen (secondary N) is 1. The van der Waals surface area contributed by atoms with Crippen molar-refractivity contribution in [1.29, 1.82) is 0 Å². The zero-order valence-electron chi connectivity index (χ0n) is 12.5. The lowest BCUT2D eigenvalue weighted by Gasteiger charge is -2.32. The summed E-state index contributed by atoms with van der Waals surface area (Å²) in [5, 5.41) is 28.9. The van der Waals surface area contributed by atoms with Gasteiger partial charge in [0.15, 0.2) is 0 Å². The molecule has 0 saturated carbocycles. The van der Waals surface area contributed by atoms with Gasteiger partial charge in [0, 0.05) is 39.1 Å². The molecule has 0 aliphatic carbocycles. The van der Waals surface area contributed by atoms with Crippen LogP contribution in [0.2, 0.25) is 0 Å². The summed E-state index contributed by atoms with van der Waals surface area (Å²) in [5.74, 6) is 0.374. The van der Waals surface area contributed by atoms with E-state index in [0.717, 1.165) is 6.42 Å². The number of nitro groups is 1. The number of aliphatic hydroxyl groups is 1. The Bertz CT molecular complexity index is 509.